The van der Waals surface area contributed by atoms with Gasteiger partial charge in [0.15, 0.2) is 11.9 Å². The van der Waals surface area contributed by atoms with Crippen LogP contribution in [0.2, 0.25) is 0 Å². The fourth-order valence-electron chi connectivity index (χ4n) is 3.19. The van der Waals surface area contributed by atoms with Crippen LogP contribution >= 0.6 is 11.8 Å². The summed E-state index contributed by atoms with van der Waals surface area (Å²) in [4.78, 5) is 12.5. The number of esters is 1. The van der Waals surface area contributed by atoms with Crippen LogP contribution in [0.15, 0.2) is 24.3 Å². The molecule has 0 aliphatic carbocycles. The minimum absolute atomic E-state index is 0.155. The smallest absolute Gasteiger partial charge is 0.338 e. The highest BCUT2D eigenvalue weighted by Crippen LogP contribution is 2.41. The summed E-state index contributed by atoms with van der Waals surface area (Å²) in [5.74, 6) is -0.470. The van der Waals surface area contributed by atoms with Gasteiger partial charge in [0.2, 0.25) is 0 Å². The fourth-order valence-corrected chi connectivity index (χ4v) is 3.95. The summed E-state index contributed by atoms with van der Waals surface area (Å²) in [7, 11) is 1.58. The Bertz CT molecular complexity index is 616. The highest BCUT2D eigenvalue weighted by atomic mass is 32.2. The molecule has 138 valence electrons. The van der Waals surface area contributed by atoms with Gasteiger partial charge in [-0.25, -0.2) is 4.79 Å². The van der Waals surface area contributed by atoms with E-state index in [4.69, 9.17) is 23.7 Å². The van der Waals surface area contributed by atoms with Crippen molar-refractivity contribution in [1.29, 1.82) is 0 Å². The summed E-state index contributed by atoms with van der Waals surface area (Å²) in [6.07, 6.45) is 0.490. The van der Waals surface area contributed by atoms with Gasteiger partial charge in [0.1, 0.15) is 23.4 Å². The Morgan fingerprint density at radius 1 is 1.16 bits per heavy atom. The molecule has 7 heteroatoms. The fraction of sp³-hybridized carbons (Fsp3) is 0.611. The second-order valence-corrected chi connectivity index (χ2v) is 7.54. The van der Waals surface area contributed by atoms with Crippen molar-refractivity contribution in [2.24, 2.45) is 0 Å². The SMILES string of the molecule is COc1ccc(C(=O)O[C@@H]2[C@H]3OC(C)(C)O[C@H]3[C@H](SC)O[C@H]2C)cc1. The van der Waals surface area contributed by atoms with Crippen molar-refractivity contribution in [2.75, 3.05) is 13.4 Å². The Morgan fingerprint density at radius 3 is 2.40 bits per heavy atom. The summed E-state index contributed by atoms with van der Waals surface area (Å²) in [5, 5.41) is 0. The number of thioether (sulfide) groups is 1. The summed E-state index contributed by atoms with van der Waals surface area (Å²) in [5.41, 5.74) is 0.299. The number of carbonyl (C=O) groups excluding carboxylic acids is 1. The maximum Gasteiger partial charge on any atom is 0.338 e. The van der Waals surface area contributed by atoms with Crippen molar-refractivity contribution >= 4 is 17.7 Å². The van der Waals surface area contributed by atoms with E-state index in [0.29, 0.717) is 11.3 Å². The Labute approximate surface area is 152 Å². The molecule has 2 fully saturated rings. The molecule has 0 N–H and O–H groups in total. The summed E-state index contributed by atoms with van der Waals surface area (Å²) in [6.45, 7) is 5.60. The first-order valence-corrected chi connectivity index (χ1v) is 9.52. The third-order valence-corrected chi connectivity index (χ3v) is 5.21. The molecule has 1 aromatic carbocycles. The summed E-state index contributed by atoms with van der Waals surface area (Å²) >= 11 is 1.57. The zero-order valence-electron chi connectivity index (χ0n) is 15.1. The van der Waals surface area contributed by atoms with Gasteiger partial charge in [0, 0.05) is 0 Å². The summed E-state index contributed by atoms with van der Waals surface area (Å²) < 4.78 is 28.8. The van der Waals surface area contributed by atoms with Crippen molar-refractivity contribution in [3.05, 3.63) is 29.8 Å². The summed E-state index contributed by atoms with van der Waals surface area (Å²) in [6, 6.07) is 6.80. The van der Waals surface area contributed by atoms with Gasteiger partial charge in [-0.15, -0.1) is 11.8 Å². The predicted octanol–water partition coefficient (Wildman–Crippen LogP) is 2.85. The van der Waals surface area contributed by atoms with E-state index in [9.17, 15) is 4.79 Å². The maximum absolute atomic E-state index is 12.5. The van der Waals surface area contributed by atoms with Crippen molar-refractivity contribution in [3.8, 4) is 5.75 Å². The van der Waals surface area contributed by atoms with Crippen molar-refractivity contribution < 1.29 is 28.5 Å². The van der Waals surface area contributed by atoms with Gasteiger partial charge < -0.3 is 23.7 Å². The maximum atomic E-state index is 12.5. The highest BCUT2D eigenvalue weighted by Gasteiger charge is 2.55. The van der Waals surface area contributed by atoms with E-state index in [0.717, 1.165) is 0 Å². The van der Waals surface area contributed by atoms with E-state index in [2.05, 4.69) is 0 Å². The monoisotopic (exact) mass is 368 g/mol. The predicted molar refractivity (Wildman–Crippen MR) is 93.9 cm³/mol. The Hall–Kier alpha value is -1.28. The van der Waals surface area contributed by atoms with E-state index in [-0.39, 0.29) is 23.7 Å². The first-order chi connectivity index (χ1) is 11.8. The number of carbonyl (C=O) groups is 1. The highest BCUT2D eigenvalue weighted by molar-refractivity contribution is 7.99. The van der Waals surface area contributed by atoms with Crippen LogP contribution in [-0.4, -0.2) is 55.0 Å². The van der Waals surface area contributed by atoms with Crippen LogP contribution in [0.5, 0.6) is 5.75 Å². The second-order valence-electron chi connectivity index (χ2n) is 6.61. The number of methoxy groups -OCH3 is 1. The number of rotatable bonds is 4. The first kappa shape index (κ1) is 18.5. The topological polar surface area (TPSA) is 63.2 Å². The third-order valence-electron chi connectivity index (χ3n) is 4.37. The molecule has 5 atom stereocenters. The molecule has 2 aliphatic rings. The number of hydrogen-bond acceptors (Lipinski definition) is 7. The molecule has 1 aromatic rings. The van der Waals surface area contributed by atoms with Crippen LogP contribution in [0.4, 0.5) is 0 Å². The van der Waals surface area contributed by atoms with Crippen molar-refractivity contribution in [1.82, 2.24) is 0 Å². The first-order valence-electron chi connectivity index (χ1n) is 8.23. The lowest BCUT2D eigenvalue weighted by atomic mass is 10.0. The zero-order chi connectivity index (χ0) is 18.2. The van der Waals surface area contributed by atoms with E-state index < -0.39 is 17.9 Å². The van der Waals surface area contributed by atoms with Crippen molar-refractivity contribution in [2.45, 2.75) is 56.4 Å². The molecule has 3 rings (SSSR count). The van der Waals surface area contributed by atoms with Gasteiger partial charge in [-0.1, -0.05) is 0 Å². The molecular formula is C18H24O6S. The van der Waals surface area contributed by atoms with Gasteiger partial charge in [-0.3, -0.25) is 0 Å². The van der Waals surface area contributed by atoms with Gasteiger partial charge in [-0.05, 0) is 51.3 Å². The lowest BCUT2D eigenvalue weighted by Gasteiger charge is -2.39. The number of fused-ring (bicyclic) bond motifs is 1. The molecule has 25 heavy (non-hydrogen) atoms. The van der Waals surface area contributed by atoms with Crippen LogP contribution in [0.1, 0.15) is 31.1 Å². The molecule has 0 aromatic heterocycles. The quantitative estimate of drug-likeness (QED) is 0.757. The van der Waals surface area contributed by atoms with Gasteiger partial charge in [0.25, 0.3) is 0 Å². The Morgan fingerprint density at radius 2 is 1.80 bits per heavy atom. The van der Waals surface area contributed by atoms with E-state index in [1.165, 1.54) is 0 Å². The van der Waals surface area contributed by atoms with E-state index in [1.54, 1.807) is 43.1 Å². The molecular weight excluding hydrogens is 344 g/mol. The largest absolute Gasteiger partial charge is 0.497 e. The third kappa shape index (κ3) is 3.79. The molecule has 0 radical (unpaired) electrons. The number of ether oxygens (including phenoxy) is 5. The standard InChI is InChI=1S/C18H24O6S/c1-10-13(22-16(19)11-6-8-12(20-4)9-7-11)14-15(17(21-10)25-5)24-18(2,3)23-14/h6-10,13-15,17H,1-5H3/t10-,13-,14+,15+,17-/m0/s1. The Kier molecular flexibility index (Phi) is 5.29. The van der Waals surface area contributed by atoms with Crippen LogP contribution in [0.3, 0.4) is 0 Å². The molecule has 0 bridgehead atoms. The van der Waals surface area contributed by atoms with Crippen LogP contribution in [0.25, 0.3) is 0 Å². The Balaban J connectivity index is 1.76. The molecule has 0 amide bonds. The molecule has 2 saturated heterocycles. The minimum Gasteiger partial charge on any atom is -0.497 e. The normalized spacial score (nSPS) is 33.6. The second kappa shape index (κ2) is 7.15. The molecule has 2 aliphatic heterocycles. The molecule has 2 heterocycles. The molecule has 0 spiro atoms. The average Bonchev–Trinajstić information content (AvgIpc) is 2.92. The van der Waals surface area contributed by atoms with E-state index in [1.807, 2.05) is 27.0 Å². The number of hydrogen-bond donors (Lipinski definition) is 0. The molecule has 0 saturated carbocycles. The van der Waals surface area contributed by atoms with Crippen molar-refractivity contribution in [3.63, 3.8) is 0 Å². The number of benzene rings is 1. The minimum atomic E-state index is -0.735. The van der Waals surface area contributed by atoms with Crippen LogP contribution in [-0.2, 0) is 18.9 Å². The zero-order valence-corrected chi connectivity index (χ0v) is 15.9. The molecule has 0 unspecified atom stereocenters. The van der Waals surface area contributed by atoms with E-state index >= 15 is 0 Å². The van der Waals surface area contributed by atoms with Crippen LogP contribution in [0, 0.1) is 0 Å². The van der Waals surface area contributed by atoms with Gasteiger partial charge in [0.05, 0.1) is 18.8 Å². The van der Waals surface area contributed by atoms with Gasteiger partial charge in [-0.2, -0.15) is 0 Å². The lowest BCUT2D eigenvalue weighted by molar-refractivity contribution is -0.162. The average molecular weight is 368 g/mol. The van der Waals surface area contributed by atoms with Crippen LogP contribution < -0.4 is 4.74 Å². The molecule has 6 nitrogen and oxygen atoms in total. The lowest BCUT2D eigenvalue weighted by Crippen LogP contribution is -2.55. The van der Waals surface area contributed by atoms with Gasteiger partial charge >= 0.3 is 5.97 Å².